The van der Waals surface area contributed by atoms with Gasteiger partial charge in [0.2, 0.25) is 0 Å². The van der Waals surface area contributed by atoms with Gasteiger partial charge in [0.25, 0.3) is 0 Å². The zero-order chi connectivity index (χ0) is 27.1. The van der Waals surface area contributed by atoms with Crippen molar-refractivity contribution < 1.29 is 23.5 Å². The Morgan fingerprint density at radius 2 is 2.00 bits per heavy atom. The van der Waals surface area contributed by atoms with E-state index in [1.165, 1.54) is 5.57 Å². The van der Waals surface area contributed by atoms with Gasteiger partial charge in [-0.15, -0.1) is 0 Å². The fourth-order valence-electron chi connectivity index (χ4n) is 6.44. The highest BCUT2D eigenvalue weighted by atomic mass is 16.3. The molecule has 0 aromatic carbocycles. The molecule has 3 aliphatic rings. The summed E-state index contributed by atoms with van der Waals surface area (Å²) in [5, 5.41) is 31.2. The molecule has 1 unspecified atom stereocenters. The third-order valence-electron chi connectivity index (χ3n) is 8.29. The largest absolute Gasteiger partial charge is 0.393 e. The quantitative estimate of drug-likeness (QED) is 0.514. The second-order valence-electron chi connectivity index (χ2n) is 10.4. The minimum Gasteiger partial charge on any atom is -0.393 e. The number of hydrogen-bond acceptors (Lipinski definition) is 3. The number of allylic oxidation sites excluding steroid dienone is 4. The van der Waals surface area contributed by atoms with Crippen LogP contribution in [0.5, 0.6) is 0 Å². The molecular weight excluding hydrogens is 372 g/mol. The first-order chi connectivity index (χ1) is 16.5. The lowest BCUT2D eigenvalue weighted by Crippen LogP contribution is -2.38. The molecule has 3 nitrogen and oxygen atoms in total. The predicted molar refractivity (Wildman–Crippen MR) is 124 cm³/mol. The van der Waals surface area contributed by atoms with Gasteiger partial charge in [-0.3, -0.25) is 0 Å². The molecule has 3 aliphatic carbocycles. The summed E-state index contributed by atoms with van der Waals surface area (Å²) in [7, 11) is 0. The number of aliphatic hydroxyl groups is 3. The van der Waals surface area contributed by atoms with E-state index in [1.54, 1.807) is 0 Å². The van der Waals surface area contributed by atoms with Crippen molar-refractivity contribution >= 4 is 0 Å². The second kappa shape index (κ2) is 9.30. The molecule has 0 aliphatic heterocycles. The lowest BCUT2D eigenvalue weighted by molar-refractivity contribution is -0.0554. The summed E-state index contributed by atoms with van der Waals surface area (Å²) in [6, 6.07) is 0. The Bertz CT molecular complexity index is 860. The molecule has 0 saturated heterocycles. The van der Waals surface area contributed by atoms with Crippen molar-refractivity contribution in [3.05, 3.63) is 35.5 Å². The van der Waals surface area contributed by atoms with Gasteiger partial charge in [-0.25, -0.2) is 0 Å². The van der Waals surface area contributed by atoms with Gasteiger partial charge < -0.3 is 15.3 Å². The van der Waals surface area contributed by atoms with Crippen LogP contribution >= 0.6 is 0 Å². The average molecular weight is 423 g/mol. The fraction of sp³-hybridized carbons (Fsp3) is 0.778. The molecule has 3 fully saturated rings. The first-order valence-electron chi connectivity index (χ1n) is 14.7. The molecule has 30 heavy (non-hydrogen) atoms. The number of fused-ring (bicyclic) bond motifs is 1. The molecule has 0 aromatic heterocycles. The van der Waals surface area contributed by atoms with E-state index in [0.29, 0.717) is 24.7 Å². The zero-order valence-corrected chi connectivity index (χ0v) is 18.7. The van der Waals surface area contributed by atoms with Crippen LogP contribution in [-0.4, -0.2) is 33.1 Å². The van der Waals surface area contributed by atoms with Crippen molar-refractivity contribution in [2.75, 3.05) is 0 Å². The van der Waals surface area contributed by atoms with E-state index in [0.717, 1.165) is 56.1 Å². The van der Waals surface area contributed by atoms with E-state index in [4.69, 9.17) is 8.22 Å². The first-order valence-corrected chi connectivity index (χ1v) is 11.7. The van der Waals surface area contributed by atoms with Crippen LogP contribution in [0.25, 0.3) is 0 Å². The summed E-state index contributed by atoms with van der Waals surface area (Å²) in [6.07, 6.45) is 10.2. The van der Waals surface area contributed by atoms with Gasteiger partial charge in [0.05, 0.1) is 17.8 Å². The van der Waals surface area contributed by atoms with Crippen molar-refractivity contribution in [2.24, 2.45) is 23.2 Å². The Hall–Kier alpha value is -0.900. The van der Waals surface area contributed by atoms with Crippen molar-refractivity contribution in [1.82, 2.24) is 0 Å². The molecule has 3 heteroatoms. The van der Waals surface area contributed by atoms with Crippen LogP contribution in [0.1, 0.15) is 100.0 Å². The van der Waals surface area contributed by atoms with Crippen LogP contribution in [-0.2, 0) is 0 Å². The summed E-state index contributed by atoms with van der Waals surface area (Å²) in [5.41, 5.74) is 0.633. The first kappa shape index (κ1) is 16.7. The van der Waals surface area contributed by atoms with E-state index in [-0.39, 0.29) is 23.9 Å². The smallest absolute Gasteiger partial charge is 0.0849 e. The summed E-state index contributed by atoms with van der Waals surface area (Å²) in [4.78, 5) is 0. The lowest BCUT2D eigenvalue weighted by atomic mass is 9.60. The molecule has 0 heterocycles. The van der Waals surface area contributed by atoms with Gasteiger partial charge in [0.1, 0.15) is 0 Å². The molecule has 0 amide bonds. The Balaban J connectivity index is 1.71. The molecule has 3 N–H and O–H groups in total. The maximum atomic E-state index is 10.6. The van der Waals surface area contributed by atoms with E-state index < -0.39 is 25.4 Å². The maximum absolute atomic E-state index is 10.6. The zero-order valence-electron chi connectivity index (χ0n) is 24.7. The van der Waals surface area contributed by atoms with Gasteiger partial charge >= 0.3 is 0 Å². The molecule has 0 bridgehead atoms. The molecule has 0 aromatic rings. The van der Waals surface area contributed by atoms with E-state index in [9.17, 15) is 15.3 Å². The summed E-state index contributed by atoms with van der Waals surface area (Å²) in [5.74, 6) is 0.966. The molecule has 0 spiro atoms. The summed E-state index contributed by atoms with van der Waals surface area (Å²) < 4.78 is 45.4. The van der Waals surface area contributed by atoms with Gasteiger partial charge in [-0.2, -0.15) is 0 Å². The van der Waals surface area contributed by atoms with Crippen molar-refractivity contribution in [3.8, 4) is 0 Å². The molecule has 0 radical (unpaired) electrons. The number of aliphatic hydroxyl groups excluding tert-OH is 2. The Morgan fingerprint density at radius 3 is 2.73 bits per heavy atom. The summed E-state index contributed by atoms with van der Waals surface area (Å²) in [6.45, 7) is 2.17. The monoisotopic (exact) mass is 422 g/mol. The minimum atomic E-state index is -3.22. The number of hydrogen-bond donors (Lipinski definition) is 3. The van der Waals surface area contributed by atoms with Crippen molar-refractivity contribution in [2.45, 2.75) is 110 Å². The van der Waals surface area contributed by atoms with E-state index in [2.05, 4.69) is 32.6 Å². The second-order valence-corrected chi connectivity index (χ2v) is 10.4. The Kier molecular flexibility index (Phi) is 5.18. The van der Waals surface area contributed by atoms with Crippen LogP contribution in [0.2, 0.25) is 0 Å². The van der Waals surface area contributed by atoms with Gasteiger partial charge in [-0.1, -0.05) is 43.7 Å². The third kappa shape index (κ3) is 5.11. The van der Waals surface area contributed by atoms with Gasteiger partial charge in [0.15, 0.2) is 0 Å². The maximum Gasteiger partial charge on any atom is 0.0849 e. The van der Waals surface area contributed by atoms with Gasteiger partial charge in [0, 0.05) is 8.22 Å². The van der Waals surface area contributed by atoms with Crippen LogP contribution < -0.4 is 0 Å². The minimum absolute atomic E-state index is 0.0784. The van der Waals surface area contributed by atoms with Crippen molar-refractivity contribution in [1.29, 1.82) is 0 Å². The molecule has 6 atom stereocenters. The van der Waals surface area contributed by atoms with Crippen LogP contribution in [0.3, 0.4) is 0 Å². The topological polar surface area (TPSA) is 60.7 Å². The fourth-order valence-corrected chi connectivity index (χ4v) is 6.44. The van der Waals surface area contributed by atoms with E-state index >= 15 is 0 Å². The molecular formula is C27H44O3. The standard InChI is InChI=1S/C27H44O3/c1-18-8-12-22(28)17-21(18)11-10-20-7-6-16-27(5)23(13-14-24(20)27)19(2)9-15-25(29)26(3,4)30/h10-11,19,22-25,28-30H,1,6-9,12-17H2,2-5H3/b20-10?,21-11-/t19-,22+,23-,24?,25-,27-/m1/s1/i3D3,4D3. The molecule has 3 rings (SSSR count). The Morgan fingerprint density at radius 1 is 1.23 bits per heavy atom. The molecule has 170 valence electrons. The summed E-state index contributed by atoms with van der Waals surface area (Å²) >= 11 is 0. The van der Waals surface area contributed by atoms with Crippen LogP contribution in [0, 0.1) is 23.2 Å². The average Bonchev–Trinajstić information content (AvgIpc) is 3.13. The lowest BCUT2D eigenvalue weighted by Gasteiger charge is -2.44. The SMILES string of the molecule is [2H]C([2H])([2H])C(O)([C@H](O)CC[C@@H](C)[C@H]1CCC2C(=C/C=C3/C[C@@H](O)CCC3=C)CCC[C@@]21C)C([2H])([2H])[2H]. The Labute approximate surface area is 192 Å². The van der Waals surface area contributed by atoms with Crippen LogP contribution in [0.15, 0.2) is 35.5 Å². The highest BCUT2D eigenvalue weighted by Gasteiger charge is 2.50. The highest BCUT2D eigenvalue weighted by molar-refractivity contribution is 5.36. The highest BCUT2D eigenvalue weighted by Crippen LogP contribution is 2.60. The van der Waals surface area contributed by atoms with E-state index in [1.807, 2.05) is 0 Å². The van der Waals surface area contributed by atoms with Gasteiger partial charge in [-0.05, 0) is 107 Å². The normalized spacial score (nSPS) is 41.2. The number of rotatable bonds is 6. The van der Waals surface area contributed by atoms with Crippen LogP contribution in [0.4, 0.5) is 0 Å². The third-order valence-corrected chi connectivity index (χ3v) is 8.29. The predicted octanol–water partition coefficient (Wildman–Crippen LogP) is 5.70. The van der Waals surface area contributed by atoms with Crippen molar-refractivity contribution in [3.63, 3.8) is 0 Å². The molecule has 3 saturated carbocycles.